The smallest absolute Gasteiger partial charge is 0.161 e. The van der Waals surface area contributed by atoms with Crippen LogP contribution in [0.3, 0.4) is 0 Å². The summed E-state index contributed by atoms with van der Waals surface area (Å²) in [6.07, 6.45) is 2.46. The third kappa shape index (κ3) is 5.78. The Labute approximate surface area is 150 Å². The van der Waals surface area contributed by atoms with Gasteiger partial charge in [-0.15, -0.1) is 0 Å². The molecule has 0 radical (unpaired) electrons. The molecule has 0 spiro atoms. The summed E-state index contributed by atoms with van der Waals surface area (Å²) >= 11 is 0. The number of benzene rings is 1. The maximum absolute atomic E-state index is 5.91. The third-order valence-electron chi connectivity index (χ3n) is 4.25. The van der Waals surface area contributed by atoms with Crippen LogP contribution in [-0.2, 0) is 13.2 Å². The van der Waals surface area contributed by atoms with E-state index in [1.54, 1.807) is 7.11 Å². The Morgan fingerprint density at radius 1 is 1.20 bits per heavy atom. The molecule has 0 bridgehead atoms. The molecule has 1 aromatic carbocycles. The number of rotatable bonds is 10. The molecule has 1 N–H and O–H groups in total. The van der Waals surface area contributed by atoms with Gasteiger partial charge in [-0.25, -0.2) is 0 Å². The molecule has 0 aliphatic rings. The van der Waals surface area contributed by atoms with Crippen molar-refractivity contribution < 1.29 is 14.0 Å². The first-order valence-corrected chi connectivity index (χ1v) is 8.93. The number of nitrogens with zero attached hydrogens (tertiary/aromatic N) is 1. The van der Waals surface area contributed by atoms with Crippen molar-refractivity contribution in [1.82, 2.24) is 10.5 Å². The zero-order valence-corrected chi connectivity index (χ0v) is 16.0. The van der Waals surface area contributed by atoms with E-state index < -0.39 is 0 Å². The molecule has 0 saturated carbocycles. The molecule has 0 atom stereocenters. The van der Waals surface area contributed by atoms with Crippen molar-refractivity contribution in [3.8, 4) is 11.5 Å². The Kier molecular flexibility index (Phi) is 7.31. The molecule has 5 nitrogen and oxygen atoms in total. The maximum atomic E-state index is 5.91. The molecule has 0 fully saturated rings. The number of nitrogens with one attached hydrogen (secondary N) is 1. The second-order valence-corrected chi connectivity index (χ2v) is 6.79. The van der Waals surface area contributed by atoms with Crippen molar-refractivity contribution in [1.29, 1.82) is 0 Å². The third-order valence-corrected chi connectivity index (χ3v) is 4.25. The van der Waals surface area contributed by atoms with Crippen molar-refractivity contribution in [3.05, 3.63) is 40.8 Å². The minimum absolute atomic E-state index is 0.421. The number of aryl methyl sites for hydroxylation is 2. The molecular formula is C20H30N2O3. The maximum Gasteiger partial charge on any atom is 0.161 e. The van der Waals surface area contributed by atoms with Crippen LogP contribution < -0.4 is 14.8 Å². The Morgan fingerprint density at radius 3 is 2.64 bits per heavy atom. The number of hydrogen-bond acceptors (Lipinski definition) is 5. The predicted molar refractivity (Wildman–Crippen MR) is 99.1 cm³/mol. The Morgan fingerprint density at radius 2 is 2.00 bits per heavy atom. The highest BCUT2D eigenvalue weighted by atomic mass is 16.5. The van der Waals surface area contributed by atoms with E-state index >= 15 is 0 Å². The molecule has 5 heteroatoms. The van der Waals surface area contributed by atoms with Gasteiger partial charge >= 0.3 is 0 Å². The first-order valence-electron chi connectivity index (χ1n) is 8.93. The fourth-order valence-electron chi connectivity index (χ4n) is 2.67. The summed E-state index contributed by atoms with van der Waals surface area (Å²) in [5, 5.41) is 7.43. The van der Waals surface area contributed by atoms with Crippen molar-refractivity contribution >= 4 is 0 Å². The molecule has 25 heavy (non-hydrogen) atoms. The summed E-state index contributed by atoms with van der Waals surface area (Å²) in [6.45, 7) is 10.6. The second kappa shape index (κ2) is 9.47. The molecule has 0 aliphatic carbocycles. The van der Waals surface area contributed by atoms with Crippen molar-refractivity contribution in [2.75, 3.05) is 13.7 Å². The van der Waals surface area contributed by atoms with E-state index in [2.05, 4.69) is 30.4 Å². The Balaban J connectivity index is 1.90. The van der Waals surface area contributed by atoms with E-state index in [1.165, 1.54) is 18.4 Å². The lowest BCUT2D eigenvalue weighted by molar-refractivity contribution is 0.281. The lowest BCUT2D eigenvalue weighted by atomic mass is 10.1. The van der Waals surface area contributed by atoms with E-state index in [-0.39, 0.29) is 0 Å². The van der Waals surface area contributed by atoms with Gasteiger partial charge in [0.1, 0.15) is 12.4 Å². The van der Waals surface area contributed by atoms with Gasteiger partial charge in [-0.3, -0.25) is 0 Å². The van der Waals surface area contributed by atoms with Gasteiger partial charge in [0, 0.05) is 6.54 Å². The summed E-state index contributed by atoms with van der Waals surface area (Å²) in [7, 11) is 1.66. The van der Waals surface area contributed by atoms with Crippen LogP contribution in [0.4, 0.5) is 0 Å². The van der Waals surface area contributed by atoms with Gasteiger partial charge in [-0.2, -0.15) is 0 Å². The van der Waals surface area contributed by atoms with E-state index in [1.807, 2.05) is 26.0 Å². The predicted octanol–water partition coefficient (Wildman–Crippen LogP) is 4.40. The molecule has 138 valence electrons. The standard InChI is InChI=1S/C20H30N2O3/c1-14(2)7-6-10-21-12-17-8-9-19(20(11-17)23-5)24-13-18-15(3)22-25-16(18)4/h8-9,11,14,21H,6-7,10,12-13H2,1-5H3. The normalized spacial score (nSPS) is 11.1. The van der Waals surface area contributed by atoms with Crippen LogP contribution in [0, 0.1) is 19.8 Å². The van der Waals surface area contributed by atoms with E-state index in [0.717, 1.165) is 47.5 Å². The second-order valence-electron chi connectivity index (χ2n) is 6.79. The number of methoxy groups -OCH3 is 1. The summed E-state index contributed by atoms with van der Waals surface area (Å²) < 4.78 is 16.6. The van der Waals surface area contributed by atoms with Crippen molar-refractivity contribution in [2.45, 2.75) is 53.7 Å². The summed E-state index contributed by atoms with van der Waals surface area (Å²) in [5.41, 5.74) is 3.03. The SMILES string of the molecule is COc1cc(CNCCCC(C)C)ccc1OCc1c(C)noc1C. The van der Waals surface area contributed by atoms with Crippen molar-refractivity contribution in [2.24, 2.45) is 5.92 Å². The van der Waals surface area contributed by atoms with Gasteiger partial charge in [0.15, 0.2) is 11.5 Å². The molecule has 0 aliphatic heterocycles. The van der Waals surface area contributed by atoms with Crippen LogP contribution in [0.5, 0.6) is 11.5 Å². The van der Waals surface area contributed by atoms with Crippen LogP contribution in [-0.4, -0.2) is 18.8 Å². The monoisotopic (exact) mass is 346 g/mol. The van der Waals surface area contributed by atoms with Crippen molar-refractivity contribution in [3.63, 3.8) is 0 Å². The first kappa shape index (κ1) is 19.3. The van der Waals surface area contributed by atoms with Gasteiger partial charge in [-0.05, 0) is 56.8 Å². The van der Waals surface area contributed by atoms with Gasteiger partial charge in [0.25, 0.3) is 0 Å². The summed E-state index contributed by atoms with van der Waals surface area (Å²) in [6, 6.07) is 6.06. The minimum atomic E-state index is 0.421. The largest absolute Gasteiger partial charge is 0.493 e. The van der Waals surface area contributed by atoms with Crippen LogP contribution >= 0.6 is 0 Å². The van der Waals surface area contributed by atoms with Crippen LogP contribution in [0.15, 0.2) is 22.7 Å². The number of hydrogen-bond donors (Lipinski definition) is 1. The average molecular weight is 346 g/mol. The quantitative estimate of drug-likeness (QED) is 0.646. The number of aromatic nitrogens is 1. The molecular weight excluding hydrogens is 316 g/mol. The Bertz CT molecular complexity index is 645. The molecule has 0 unspecified atom stereocenters. The van der Waals surface area contributed by atoms with Gasteiger partial charge in [0.05, 0.1) is 18.4 Å². The molecule has 0 saturated heterocycles. The van der Waals surface area contributed by atoms with Crippen LogP contribution in [0.2, 0.25) is 0 Å². The molecule has 0 amide bonds. The highest BCUT2D eigenvalue weighted by molar-refractivity contribution is 5.43. The van der Waals surface area contributed by atoms with E-state index in [4.69, 9.17) is 14.0 Å². The first-order chi connectivity index (χ1) is 12.0. The van der Waals surface area contributed by atoms with E-state index in [9.17, 15) is 0 Å². The zero-order chi connectivity index (χ0) is 18.2. The van der Waals surface area contributed by atoms with Gasteiger partial charge in [0.2, 0.25) is 0 Å². The molecule has 1 aromatic heterocycles. The average Bonchev–Trinajstić information content (AvgIpc) is 2.91. The number of ether oxygens (including phenoxy) is 2. The fraction of sp³-hybridized carbons (Fsp3) is 0.550. The molecule has 2 rings (SSSR count). The van der Waals surface area contributed by atoms with Gasteiger partial charge < -0.3 is 19.3 Å². The van der Waals surface area contributed by atoms with E-state index in [0.29, 0.717) is 6.61 Å². The van der Waals surface area contributed by atoms with Crippen LogP contribution in [0.25, 0.3) is 0 Å². The molecule has 2 aromatic rings. The Hall–Kier alpha value is -2.01. The fourth-order valence-corrected chi connectivity index (χ4v) is 2.67. The lowest BCUT2D eigenvalue weighted by Gasteiger charge is -2.13. The highest BCUT2D eigenvalue weighted by Gasteiger charge is 2.12. The molecule has 1 heterocycles. The highest BCUT2D eigenvalue weighted by Crippen LogP contribution is 2.29. The zero-order valence-electron chi connectivity index (χ0n) is 16.0. The summed E-state index contributed by atoms with van der Waals surface area (Å²) in [4.78, 5) is 0. The summed E-state index contributed by atoms with van der Waals surface area (Å²) in [5.74, 6) is 3.02. The van der Waals surface area contributed by atoms with Gasteiger partial charge in [-0.1, -0.05) is 25.1 Å². The minimum Gasteiger partial charge on any atom is -0.493 e. The lowest BCUT2D eigenvalue weighted by Crippen LogP contribution is -2.15. The van der Waals surface area contributed by atoms with Crippen LogP contribution in [0.1, 0.15) is 49.3 Å². The topological polar surface area (TPSA) is 56.5 Å².